The first-order chi connectivity index (χ1) is 8.09. The molecule has 2 rings (SSSR count). The first-order valence-corrected chi connectivity index (χ1v) is 6.88. The zero-order chi connectivity index (χ0) is 12.4. The second-order valence-corrected chi connectivity index (χ2v) is 5.65. The number of aryl methyl sites for hydroxylation is 1. The monoisotopic (exact) mass is 286 g/mol. The maximum atomic E-state index is 10.2. The molecular formula is C13H12Cl2OS. The Balaban J connectivity index is 2.25. The van der Waals surface area contributed by atoms with Crippen molar-refractivity contribution in [2.75, 3.05) is 0 Å². The third-order valence-corrected chi connectivity index (χ3v) is 4.49. The van der Waals surface area contributed by atoms with E-state index in [1.807, 2.05) is 18.4 Å². The van der Waals surface area contributed by atoms with Crippen LogP contribution in [0.1, 0.15) is 22.1 Å². The van der Waals surface area contributed by atoms with Crippen LogP contribution in [0.15, 0.2) is 29.6 Å². The van der Waals surface area contributed by atoms with Crippen molar-refractivity contribution in [1.82, 2.24) is 0 Å². The van der Waals surface area contributed by atoms with Gasteiger partial charge < -0.3 is 5.11 Å². The number of halogens is 2. The predicted molar refractivity (Wildman–Crippen MR) is 74.2 cm³/mol. The molecule has 0 aliphatic rings. The lowest BCUT2D eigenvalue weighted by atomic mass is 10.0. The van der Waals surface area contributed by atoms with Gasteiger partial charge in [0.1, 0.15) is 0 Å². The van der Waals surface area contributed by atoms with E-state index in [0.29, 0.717) is 16.5 Å². The highest BCUT2D eigenvalue weighted by atomic mass is 35.5. The number of hydrogen-bond donors (Lipinski definition) is 1. The fourth-order valence-electron chi connectivity index (χ4n) is 1.74. The molecule has 1 N–H and O–H groups in total. The number of aliphatic hydroxyl groups is 1. The molecule has 0 spiro atoms. The summed E-state index contributed by atoms with van der Waals surface area (Å²) < 4.78 is 0. The van der Waals surface area contributed by atoms with Crippen LogP contribution in [0.2, 0.25) is 10.0 Å². The van der Waals surface area contributed by atoms with E-state index < -0.39 is 6.10 Å². The van der Waals surface area contributed by atoms with Crippen molar-refractivity contribution < 1.29 is 5.11 Å². The van der Waals surface area contributed by atoms with E-state index in [0.717, 1.165) is 16.0 Å². The quantitative estimate of drug-likeness (QED) is 0.872. The van der Waals surface area contributed by atoms with Gasteiger partial charge in [-0.2, -0.15) is 0 Å². The molecule has 1 heterocycles. The lowest BCUT2D eigenvalue weighted by Crippen LogP contribution is -2.02. The first kappa shape index (κ1) is 12.9. The summed E-state index contributed by atoms with van der Waals surface area (Å²) in [6, 6.07) is 7.38. The minimum atomic E-state index is -0.549. The molecule has 1 nitrogen and oxygen atoms in total. The highest BCUT2D eigenvalue weighted by Gasteiger charge is 2.16. The lowest BCUT2D eigenvalue weighted by molar-refractivity contribution is 0.181. The van der Waals surface area contributed by atoms with Gasteiger partial charge in [-0.15, -0.1) is 11.3 Å². The lowest BCUT2D eigenvalue weighted by Gasteiger charge is -2.12. The van der Waals surface area contributed by atoms with Crippen LogP contribution in [-0.4, -0.2) is 5.11 Å². The van der Waals surface area contributed by atoms with Gasteiger partial charge in [0.15, 0.2) is 0 Å². The van der Waals surface area contributed by atoms with Gasteiger partial charge in [0.2, 0.25) is 0 Å². The first-order valence-electron chi connectivity index (χ1n) is 5.24. The average Bonchev–Trinajstić information content (AvgIpc) is 2.70. The second-order valence-electron chi connectivity index (χ2n) is 3.89. The third kappa shape index (κ3) is 2.83. The molecule has 0 saturated carbocycles. The van der Waals surface area contributed by atoms with Gasteiger partial charge in [-0.05, 0) is 41.6 Å². The minimum Gasteiger partial charge on any atom is -0.387 e. The van der Waals surface area contributed by atoms with E-state index in [1.165, 1.54) is 0 Å². The van der Waals surface area contributed by atoms with E-state index in [9.17, 15) is 5.11 Å². The standard InChI is InChI=1S/C13H12Cl2OS/c1-8-5-6-17-13(8)12(16)7-9-10(14)3-2-4-11(9)15/h2-6,12,16H,7H2,1H3. The van der Waals surface area contributed by atoms with Gasteiger partial charge in [0.25, 0.3) is 0 Å². The highest BCUT2D eigenvalue weighted by molar-refractivity contribution is 7.10. The van der Waals surface area contributed by atoms with E-state index in [1.54, 1.807) is 29.5 Å². The Hall–Kier alpha value is -0.540. The fraction of sp³-hybridized carbons (Fsp3) is 0.231. The molecule has 0 aliphatic carbocycles. The Kier molecular flexibility index (Phi) is 4.10. The SMILES string of the molecule is Cc1ccsc1C(O)Cc1c(Cl)cccc1Cl. The van der Waals surface area contributed by atoms with Crippen LogP contribution in [0.25, 0.3) is 0 Å². The molecule has 1 aromatic carbocycles. The summed E-state index contributed by atoms with van der Waals surface area (Å²) in [5.74, 6) is 0. The van der Waals surface area contributed by atoms with Crippen molar-refractivity contribution in [2.24, 2.45) is 0 Å². The predicted octanol–water partition coefficient (Wildman–Crippen LogP) is 4.64. The van der Waals surface area contributed by atoms with Crippen molar-refractivity contribution in [1.29, 1.82) is 0 Å². The summed E-state index contributed by atoms with van der Waals surface area (Å²) in [7, 11) is 0. The molecule has 0 amide bonds. The van der Waals surface area contributed by atoms with Gasteiger partial charge in [0.05, 0.1) is 6.10 Å². The second kappa shape index (κ2) is 5.40. The maximum absolute atomic E-state index is 10.2. The molecule has 2 aromatic rings. The maximum Gasteiger partial charge on any atom is 0.0925 e. The highest BCUT2D eigenvalue weighted by Crippen LogP contribution is 2.32. The zero-order valence-corrected chi connectivity index (χ0v) is 11.6. The molecule has 1 unspecified atom stereocenters. The van der Waals surface area contributed by atoms with Crippen molar-refractivity contribution in [2.45, 2.75) is 19.4 Å². The van der Waals surface area contributed by atoms with Crippen LogP contribution >= 0.6 is 34.5 Å². The molecule has 1 aromatic heterocycles. The number of thiophene rings is 1. The van der Waals surface area contributed by atoms with E-state index in [-0.39, 0.29) is 0 Å². The molecular weight excluding hydrogens is 275 g/mol. The molecule has 90 valence electrons. The minimum absolute atomic E-state index is 0.444. The number of aliphatic hydroxyl groups excluding tert-OH is 1. The number of benzene rings is 1. The van der Waals surface area contributed by atoms with Crippen molar-refractivity contribution >= 4 is 34.5 Å². The van der Waals surface area contributed by atoms with E-state index in [4.69, 9.17) is 23.2 Å². The summed E-state index contributed by atoms with van der Waals surface area (Å²) in [6.45, 7) is 1.99. The largest absolute Gasteiger partial charge is 0.387 e. The average molecular weight is 287 g/mol. The molecule has 4 heteroatoms. The van der Waals surface area contributed by atoms with Gasteiger partial charge in [-0.25, -0.2) is 0 Å². The van der Waals surface area contributed by atoms with Crippen LogP contribution < -0.4 is 0 Å². The van der Waals surface area contributed by atoms with Gasteiger partial charge >= 0.3 is 0 Å². The van der Waals surface area contributed by atoms with Gasteiger partial charge in [-0.1, -0.05) is 29.3 Å². The van der Waals surface area contributed by atoms with Crippen LogP contribution in [0.4, 0.5) is 0 Å². The topological polar surface area (TPSA) is 20.2 Å². The van der Waals surface area contributed by atoms with Crippen molar-refractivity contribution in [3.63, 3.8) is 0 Å². The Morgan fingerprint density at radius 2 is 1.88 bits per heavy atom. The third-order valence-electron chi connectivity index (χ3n) is 2.66. The molecule has 0 saturated heterocycles. The molecule has 0 fully saturated rings. The molecule has 17 heavy (non-hydrogen) atoms. The molecule has 0 bridgehead atoms. The summed E-state index contributed by atoms with van der Waals surface area (Å²) in [5.41, 5.74) is 1.90. The fourth-order valence-corrected chi connectivity index (χ4v) is 3.20. The summed E-state index contributed by atoms with van der Waals surface area (Å²) >= 11 is 13.7. The zero-order valence-electron chi connectivity index (χ0n) is 9.28. The number of hydrogen-bond acceptors (Lipinski definition) is 2. The molecule has 0 radical (unpaired) electrons. The Morgan fingerprint density at radius 3 is 2.41 bits per heavy atom. The van der Waals surface area contributed by atoms with E-state index >= 15 is 0 Å². The van der Waals surface area contributed by atoms with E-state index in [2.05, 4.69) is 0 Å². The molecule has 0 aliphatic heterocycles. The smallest absolute Gasteiger partial charge is 0.0925 e. The Bertz CT molecular complexity index is 502. The number of rotatable bonds is 3. The van der Waals surface area contributed by atoms with Gasteiger partial charge in [0, 0.05) is 21.3 Å². The van der Waals surface area contributed by atoms with Crippen LogP contribution in [-0.2, 0) is 6.42 Å². The normalized spacial score (nSPS) is 12.7. The molecule has 1 atom stereocenters. The Labute approximate surface area is 115 Å². The summed E-state index contributed by atoms with van der Waals surface area (Å²) in [4.78, 5) is 0.973. The van der Waals surface area contributed by atoms with Crippen molar-refractivity contribution in [3.05, 3.63) is 55.7 Å². The van der Waals surface area contributed by atoms with Gasteiger partial charge in [-0.3, -0.25) is 0 Å². The van der Waals surface area contributed by atoms with Crippen molar-refractivity contribution in [3.8, 4) is 0 Å². The van der Waals surface area contributed by atoms with Crippen LogP contribution in [0.3, 0.4) is 0 Å². The summed E-state index contributed by atoms with van der Waals surface area (Å²) in [6.07, 6.45) is -0.104. The van der Waals surface area contributed by atoms with Crippen LogP contribution in [0, 0.1) is 6.92 Å². The Morgan fingerprint density at radius 1 is 1.24 bits per heavy atom. The van der Waals surface area contributed by atoms with Crippen LogP contribution in [0.5, 0.6) is 0 Å². The summed E-state index contributed by atoms with van der Waals surface area (Å²) in [5, 5.41) is 13.4.